The Morgan fingerprint density at radius 3 is 2.50 bits per heavy atom. The van der Waals surface area contributed by atoms with E-state index in [2.05, 4.69) is 5.32 Å². The average molecular weight is 295 g/mol. The summed E-state index contributed by atoms with van der Waals surface area (Å²) in [7, 11) is 1.43. The van der Waals surface area contributed by atoms with Gasteiger partial charge in [-0.1, -0.05) is 11.6 Å². The molecule has 1 amide bonds. The van der Waals surface area contributed by atoms with Gasteiger partial charge in [0.05, 0.1) is 17.8 Å². The van der Waals surface area contributed by atoms with Gasteiger partial charge in [0.2, 0.25) is 0 Å². The topological polar surface area (TPSA) is 64.3 Å². The molecule has 0 fully saturated rings. The van der Waals surface area contributed by atoms with Crippen molar-refractivity contribution in [3.63, 3.8) is 0 Å². The van der Waals surface area contributed by atoms with Crippen molar-refractivity contribution in [3.05, 3.63) is 52.8 Å². The lowest BCUT2D eigenvalue weighted by atomic mass is 10.1. The number of nitrogens with one attached hydrogen (secondary N) is 1. The van der Waals surface area contributed by atoms with Crippen LogP contribution in [-0.4, -0.2) is 13.0 Å². The predicted molar refractivity (Wildman–Crippen MR) is 76.8 cm³/mol. The molecule has 4 nitrogen and oxygen atoms in total. The number of ether oxygens (including phenoxy) is 1. The first-order valence-electron chi connectivity index (χ1n) is 5.72. The first-order valence-corrected chi connectivity index (χ1v) is 6.09. The molecule has 0 aromatic heterocycles. The second-order valence-electron chi connectivity index (χ2n) is 4.01. The summed E-state index contributed by atoms with van der Waals surface area (Å²) in [5, 5.41) is 2.72. The van der Waals surface area contributed by atoms with Gasteiger partial charge in [0.15, 0.2) is 0 Å². The smallest absolute Gasteiger partial charge is 0.261 e. The molecule has 2 rings (SSSR count). The summed E-state index contributed by atoms with van der Waals surface area (Å²) in [6, 6.07) is 8.48. The van der Waals surface area contributed by atoms with Crippen LogP contribution in [0.3, 0.4) is 0 Å². The lowest BCUT2D eigenvalue weighted by Gasteiger charge is -2.12. The SMILES string of the molecule is COc1ccc(N)c(Cl)c1C(=O)Nc1ccc(F)cc1. The molecule has 0 radical (unpaired) electrons. The zero-order valence-electron chi connectivity index (χ0n) is 10.6. The van der Waals surface area contributed by atoms with Crippen molar-refractivity contribution in [2.75, 3.05) is 18.2 Å². The number of nitrogen functional groups attached to an aromatic ring is 1. The van der Waals surface area contributed by atoms with Crippen LogP contribution in [0.1, 0.15) is 10.4 Å². The number of halogens is 2. The normalized spacial score (nSPS) is 10.2. The fourth-order valence-electron chi connectivity index (χ4n) is 1.68. The van der Waals surface area contributed by atoms with Crippen LogP contribution >= 0.6 is 11.6 Å². The fourth-order valence-corrected chi connectivity index (χ4v) is 1.92. The highest BCUT2D eigenvalue weighted by atomic mass is 35.5. The summed E-state index contributed by atoms with van der Waals surface area (Å²) in [5.41, 5.74) is 6.53. The molecule has 3 N–H and O–H groups in total. The van der Waals surface area contributed by atoms with Gasteiger partial charge in [0.25, 0.3) is 5.91 Å². The third-order valence-electron chi connectivity index (χ3n) is 2.68. The minimum atomic E-state index is -0.481. The van der Waals surface area contributed by atoms with Crippen LogP contribution < -0.4 is 15.8 Å². The Morgan fingerprint density at radius 2 is 1.90 bits per heavy atom. The number of anilines is 2. The number of nitrogens with two attached hydrogens (primary N) is 1. The maximum absolute atomic E-state index is 12.8. The lowest BCUT2D eigenvalue weighted by molar-refractivity contribution is 0.102. The first-order chi connectivity index (χ1) is 9.52. The average Bonchev–Trinajstić information content (AvgIpc) is 2.44. The molecule has 0 unspecified atom stereocenters. The number of methoxy groups -OCH3 is 1. The zero-order chi connectivity index (χ0) is 14.7. The fraction of sp³-hybridized carbons (Fsp3) is 0.0714. The summed E-state index contributed by atoms with van der Waals surface area (Å²) in [4.78, 5) is 12.2. The minimum absolute atomic E-state index is 0.115. The molecule has 0 atom stereocenters. The van der Waals surface area contributed by atoms with Gasteiger partial charge in [0.1, 0.15) is 17.1 Å². The van der Waals surface area contributed by atoms with Gasteiger partial charge in [0, 0.05) is 5.69 Å². The van der Waals surface area contributed by atoms with E-state index in [0.29, 0.717) is 11.4 Å². The number of rotatable bonds is 3. The van der Waals surface area contributed by atoms with Crippen LogP contribution in [0.5, 0.6) is 5.75 Å². The molecule has 104 valence electrons. The molecule has 0 spiro atoms. The van der Waals surface area contributed by atoms with E-state index in [4.69, 9.17) is 22.1 Å². The Balaban J connectivity index is 2.33. The number of hydrogen-bond acceptors (Lipinski definition) is 3. The van der Waals surface area contributed by atoms with Crippen LogP contribution in [0.15, 0.2) is 36.4 Å². The van der Waals surface area contributed by atoms with Gasteiger partial charge in [-0.05, 0) is 36.4 Å². The number of hydrogen-bond donors (Lipinski definition) is 2. The third kappa shape index (κ3) is 2.83. The van der Waals surface area contributed by atoms with Gasteiger partial charge < -0.3 is 15.8 Å². The largest absolute Gasteiger partial charge is 0.496 e. The highest BCUT2D eigenvalue weighted by molar-refractivity contribution is 6.37. The van der Waals surface area contributed by atoms with E-state index < -0.39 is 5.91 Å². The molecular weight excluding hydrogens is 283 g/mol. The first kappa shape index (κ1) is 14.1. The molecule has 0 aliphatic carbocycles. The van der Waals surface area contributed by atoms with Gasteiger partial charge in [-0.3, -0.25) is 4.79 Å². The highest BCUT2D eigenvalue weighted by Gasteiger charge is 2.18. The maximum atomic E-state index is 12.8. The molecule has 2 aromatic carbocycles. The van der Waals surface area contributed by atoms with Crippen LogP contribution in [0.25, 0.3) is 0 Å². The van der Waals surface area contributed by atoms with Crippen molar-refractivity contribution in [3.8, 4) is 5.75 Å². The lowest BCUT2D eigenvalue weighted by Crippen LogP contribution is -2.14. The Bertz CT molecular complexity index is 644. The Hall–Kier alpha value is -2.27. The van der Waals surface area contributed by atoms with Crippen molar-refractivity contribution in [2.24, 2.45) is 0 Å². The third-order valence-corrected chi connectivity index (χ3v) is 3.09. The standard InChI is InChI=1S/C14H12ClFN2O2/c1-20-11-7-6-10(17)13(15)12(11)14(19)18-9-4-2-8(16)3-5-9/h2-7H,17H2,1H3,(H,18,19). The van der Waals surface area contributed by atoms with E-state index in [9.17, 15) is 9.18 Å². The number of amides is 1. The summed E-state index contributed by atoms with van der Waals surface area (Å²) in [6.07, 6.45) is 0. The summed E-state index contributed by atoms with van der Waals surface area (Å²) >= 11 is 6.04. The minimum Gasteiger partial charge on any atom is -0.496 e. The van der Waals surface area contributed by atoms with Crippen LogP contribution in [0.2, 0.25) is 5.02 Å². The van der Waals surface area contributed by atoms with E-state index in [-0.39, 0.29) is 22.1 Å². The van der Waals surface area contributed by atoms with Crippen LogP contribution in [0.4, 0.5) is 15.8 Å². The van der Waals surface area contributed by atoms with Crippen molar-refractivity contribution in [1.82, 2.24) is 0 Å². The summed E-state index contributed by atoms with van der Waals surface area (Å²) in [5.74, 6) is -0.558. The predicted octanol–water partition coefficient (Wildman–Crippen LogP) is 3.32. The molecule has 2 aromatic rings. The van der Waals surface area contributed by atoms with Crippen molar-refractivity contribution >= 4 is 28.9 Å². The molecule has 0 saturated carbocycles. The molecule has 0 aliphatic heterocycles. The molecule has 20 heavy (non-hydrogen) atoms. The Labute approximate surface area is 120 Å². The van der Waals surface area contributed by atoms with Gasteiger partial charge in [-0.15, -0.1) is 0 Å². The van der Waals surface area contributed by atoms with Gasteiger partial charge in [-0.25, -0.2) is 4.39 Å². The van der Waals surface area contributed by atoms with E-state index in [0.717, 1.165) is 0 Å². The second kappa shape index (κ2) is 5.79. The summed E-state index contributed by atoms with van der Waals surface area (Å²) in [6.45, 7) is 0. The molecule has 0 bridgehead atoms. The number of carbonyl (C=O) groups is 1. The highest BCUT2D eigenvalue weighted by Crippen LogP contribution is 2.32. The van der Waals surface area contributed by atoms with E-state index in [1.165, 1.54) is 31.4 Å². The van der Waals surface area contributed by atoms with E-state index in [1.54, 1.807) is 12.1 Å². The Kier molecular flexibility index (Phi) is 4.10. The quantitative estimate of drug-likeness (QED) is 0.854. The Morgan fingerprint density at radius 1 is 1.25 bits per heavy atom. The monoisotopic (exact) mass is 294 g/mol. The molecule has 6 heteroatoms. The molecular formula is C14H12ClFN2O2. The molecule has 0 heterocycles. The van der Waals surface area contributed by atoms with Crippen molar-refractivity contribution in [1.29, 1.82) is 0 Å². The summed E-state index contributed by atoms with van der Waals surface area (Å²) < 4.78 is 17.9. The number of benzene rings is 2. The molecule has 0 aliphatic rings. The van der Waals surface area contributed by atoms with E-state index in [1.807, 2.05) is 0 Å². The number of carbonyl (C=O) groups excluding carboxylic acids is 1. The van der Waals surface area contributed by atoms with Gasteiger partial charge >= 0.3 is 0 Å². The van der Waals surface area contributed by atoms with Crippen LogP contribution in [0, 0.1) is 5.82 Å². The zero-order valence-corrected chi connectivity index (χ0v) is 11.4. The van der Waals surface area contributed by atoms with Crippen LogP contribution in [-0.2, 0) is 0 Å². The van der Waals surface area contributed by atoms with Crippen molar-refractivity contribution in [2.45, 2.75) is 0 Å². The molecule has 0 saturated heterocycles. The van der Waals surface area contributed by atoms with Gasteiger partial charge in [-0.2, -0.15) is 0 Å². The van der Waals surface area contributed by atoms with Crippen molar-refractivity contribution < 1.29 is 13.9 Å². The maximum Gasteiger partial charge on any atom is 0.261 e. The second-order valence-corrected chi connectivity index (χ2v) is 4.39. The van der Waals surface area contributed by atoms with E-state index >= 15 is 0 Å².